The number of aliphatic hydroxyl groups is 1. The third-order valence-electron chi connectivity index (χ3n) is 4.48. The summed E-state index contributed by atoms with van der Waals surface area (Å²) in [6.45, 7) is 8.44. The van der Waals surface area contributed by atoms with E-state index in [0.29, 0.717) is 24.4 Å². The Labute approximate surface area is 86.0 Å². The molecule has 1 N–H and O–H groups in total. The number of hydrogen-bond acceptors (Lipinski definition) is 2. The lowest BCUT2D eigenvalue weighted by Crippen LogP contribution is -2.53. The maximum absolute atomic E-state index is 9.61. The van der Waals surface area contributed by atoms with Crippen molar-refractivity contribution >= 4 is 0 Å². The third-order valence-corrected chi connectivity index (χ3v) is 4.48. The van der Waals surface area contributed by atoms with Crippen molar-refractivity contribution in [3.05, 3.63) is 11.6 Å². The highest BCUT2D eigenvalue weighted by Crippen LogP contribution is 2.49. The summed E-state index contributed by atoms with van der Waals surface area (Å²) in [5, 5.41) is 9.61. The molecule has 2 heteroatoms. The number of rotatable bonds is 1. The Bertz CT molecular complexity index is 259. The molecule has 0 radical (unpaired) electrons. The quantitative estimate of drug-likeness (QED) is 0.648. The molecule has 2 aliphatic rings. The molecule has 0 aromatic rings. The van der Waals surface area contributed by atoms with E-state index in [1.165, 1.54) is 5.57 Å². The van der Waals surface area contributed by atoms with Crippen LogP contribution < -0.4 is 0 Å². The van der Waals surface area contributed by atoms with E-state index in [1.807, 2.05) is 0 Å². The lowest BCUT2D eigenvalue weighted by molar-refractivity contribution is -0.124. The predicted molar refractivity (Wildman–Crippen MR) is 55.9 cm³/mol. The van der Waals surface area contributed by atoms with Gasteiger partial charge in [-0.2, -0.15) is 0 Å². The number of allylic oxidation sites excluding steroid dienone is 1. The lowest BCUT2D eigenvalue weighted by atomic mass is 9.58. The molecule has 0 saturated carbocycles. The van der Waals surface area contributed by atoms with E-state index >= 15 is 0 Å². The van der Waals surface area contributed by atoms with Gasteiger partial charge in [0.1, 0.15) is 0 Å². The molecule has 1 aliphatic carbocycles. The minimum absolute atomic E-state index is 0.0254. The Kier molecular flexibility index (Phi) is 2.44. The van der Waals surface area contributed by atoms with Crippen molar-refractivity contribution < 1.29 is 9.84 Å². The summed E-state index contributed by atoms with van der Waals surface area (Å²) in [5.41, 5.74) is 1.41. The average molecular weight is 196 g/mol. The van der Waals surface area contributed by atoms with Gasteiger partial charge >= 0.3 is 0 Å². The van der Waals surface area contributed by atoms with Gasteiger partial charge in [-0.1, -0.05) is 25.5 Å². The fourth-order valence-corrected chi connectivity index (χ4v) is 3.14. The van der Waals surface area contributed by atoms with Crippen molar-refractivity contribution in [2.45, 2.75) is 20.8 Å². The summed E-state index contributed by atoms with van der Waals surface area (Å²) in [4.78, 5) is 0. The van der Waals surface area contributed by atoms with Crippen LogP contribution in [0.15, 0.2) is 11.6 Å². The van der Waals surface area contributed by atoms with Crippen LogP contribution in [0.4, 0.5) is 0 Å². The van der Waals surface area contributed by atoms with E-state index < -0.39 is 0 Å². The maximum atomic E-state index is 9.61. The second kappa shape index (κ2) is 3.35. The Morgan fingerprint density at radius 1 is 1.57 bits per heavy atom. The Morgan fingerprint density at radius 3 is 2.93 bits per heavy atom. The van der Waals surface area contributed by atoms with Crippen molar-refractivity contribution in [3.8, 4) is 0 Å². The minimum atomic E-state index is -0.0254. The smallest absolute Gasteiger partial charge is 0.0553 e. The van der Waals surface area contributed by atoms with Crippen molar-refractivity contribution in [1.82, 2.24) is 0 Å². The van der Waals surface area contributed by atoms with Crippen LogP contribution in [0, 0.1) is 23.2 Å². The van der Waals surface area contributed by atoms with Gasteiger partial charge in [-0.05, 0) is 18.8 Å². The molecule has 0 spiro atoms. The SMILES string of the molecule is CC1=CC(C)C2(CO)COCC1C2C. The zero-order valence-electron chi connectivity index (χ0n) is 9.29. The molecule has 0 amide bonds. The topological polar surface area (TPSA) is 29.5 Å². The zero-order chi connectivity index (χ0) is 10.3. The van der Waals surface area contributed by atoms with Gasteiger partial charge < -0.3 is 9.84 Å². The van der Waals surface area contributed by atoms with Crippen molar-refractivity contribution in [3.63, 3.8) is 0 Å². The average Bonchev–Trinajstić information content (AvgIpc) is 2.15. The number of fused-ring (bicyclic) bond motifs is 2. The van der Waals surface area contributed by atoms with Crippen LogP contribution in [0.5, 0.6) is 0 Å². The highest BCUT2D eigenvalue weighted by atomic mass is 16.5. The summed E-state index contributed by atoms with van der Waals surface area (Å²) in [5.74, 6) is 1.49. The molecule has 2 rings (SSSR count). The monoisotopic (exact) mass is 196 g/mol. The predicted octanol–water partition coefficient (Wildman–Crippen LogP) is 1.84. The Balaban J connectivity index is 2.40. The Hall–Kier alpha value is -0.340. The van der Waals surface area contributed by atoms with Crippen molar-refractivity contribution in [1.29, 1.82) is 0 Å². The van der Waals surface area contributed by atoms with E-state index in [1.54, 1.807) is 0 Å². The highest BCUT2D eigenvalue weighted by molar-refractivity contribution is 5.18. The molecule has 0 aromatic heterocycles. The van der Waals surface area contributed by atoms with Crippen LogP contribution in [0.25, 0.3) is 0 Å². The largest absolute Gasteiger partial charge is 0.396 e. The molecule has 80 valence electrons. The van der Waals surface area contributed by atoms with E-state index in [4.69, 9.17) is 4.74 Å². The second-order valence-corrected chi connectivity index (χ2v) is 5.00. The van der Waals surface area contributed by atoms with Gasteiger partial charge in [0.2, 0.25) is 0 Å². The molecule has 0 aromatic carbocycles. The van der Waals surface area contributed by atoms with Crippen LogP contribution in [-0.2, 0) is 4.74 Å². The molecule has 2 bridgehead atoms. The van der Waals surface area contributed by atoms with Gasteiger partial charge in [0.05, 0.1) is 19.8 Å². The summed E-state index contributed by atoms with van der Waals surface area (Å²) < 4.78 is 5.64. The number of aliphatic hydroxyl groups excluding tert-OH is 1. The van der Waals surface area contributed by atoms with Crippen LogP contribution in [0.2, 0.25) is 0 Å². The molecule has 1 fully saturated rings. The molecule has 1 aliphatic heterocycles. The first-order valence-electron chi connectivity index (χ1n) is 5.49. The van der Waals surface area contributed by atoms with Crippen molar-refractivity contribution in [2.24, 2.45) is 23.2 Å². The van der Waals surface area contributed by atoms with Gasteiger partial charge in [-0.15, -0.1) is 0 Å². The standard InChI is InChI=1S/C12H20O2/c1-8-4-9(2)12(6-13)7-14-5-11(8)10(12)3/h4,9-11,13H,5-7H2,1-3H3. The van der Waals surface area contributed by atoms with E-state index in [-0.39, 0.29) is 12.0 Å². The number of ether oxygens (including phenoxy) is 1. The molecule has 4 atom stereocenters. The number of hydrogen-bond donors (Lipinski definition) is 1. The Morgan fingerprint density at radius 2 is 2.29 bits per heavy atom. The van der Waals surface area contributed by atoms with E-state index in [0.717, 1.165) is 6.61 Å². The van der Waals surface area contributed by atoms with Crippen molar-refractivity contribution in [2.75, 3.05) is 19.8 Å². The van der Waals surface area contributed by atoms with E-state index in [2.05, 4.69) is 26.8 Å². The lowest BCUT2D eigenvalue weighted by Gasteiger charge is -2.52. The fraction of sp³-hybridized carbons (Fsp3) is 0.833. The third kappa shape index (κ3) is 1.17. The molecule has 4 unspecified atom stereocenters. The zero-order valence-corrected chi connectivity index (χ0v) is 9.29. The first kappa shape index (κ1) is 10.2. The van der Waals surface area contributed by atoms with Crippen LogP contribution >= 0.6 is 0 Å². The van der Waals surface area contributed by atoms with Gasteiger partial charge in [0.25, 0.3) is 0 Å². The van der Waals surface area contributed by atoms with Gasteiger partial charge in [-0.25, -0.2) is 0 Å². The van der Waals surface area contributed by atoms with Gasteiger partial charge in [-0.3, -0.25) is 0 Å². The molecule has 1 saturated heterocycles. The summed E-state index contributed by atoms with van der Waals surface area (Å²) >= 11 is 0. The van der Waals surface area contributed by atoms with Crippen LogP contribution in [0.1, 0.15) is 20.8 Å². The summed E-state index contributed by atoms with van der Waals surface area (Å²) in [7, 11) is 0. The maximum Gasteiger partial charge on any atom is 0.0553 e. The molecule has 1 heterocycles. The first-order valence-corrected chi connectivity index (χ1v) is 5.49. The first-order chi connectivity index (χ1) is 6.62. The summed E-state index contributed by atoms with van der Waals surface area (Å²) in [6.07, 6.45) is 2.32. The van der Waals surface area contributed by atoms with Gasteiger partial charge in [0.15, 0.2) is 0 Å². The molecular formula is C12H20O2. The molecule has 14 heavy (non-hydrogen) atoms. The fourth-order valence-electron chi connectivity index (χ4n) is 3.14. The molecule has 2 nitrogen and oxygen atoms in total. The normalized spacial score (nSPS) is 47.4. The van der Waals surface area contributed by atoms with Crippen LogP contribution in [0.3, 0.4) is 0 Å². The summed E-state index contributed by atoms with van der Waals surface area (Å²) in [6, 6.07) is 0. The van der Waals surface area contributed by atoms with Gasteiger partial charge in [0, 0.05) is 11.3 Å². The van der Waals surface area contributed by atoms with E-state index in [9.17, 15) is 5.11 Å². The van der Waals surface area contributed by atoms with Crippen LogP contribution in [-0.4, -0.2) is 24.9 Å². The highest BCUT2D eigenvalue weighted by Gasteiger charge is 2.49. The minimum Gasteiger partial charge on any atom is -0.396 e. The molecular weight excluding hydrogens is 176 g/mol. The second-order valence-electron chi connectivity index (χ2n) is 5.00.